The van der Waals surface area contributed by atoms with Crippen LogP contribution in [0.4, 0.5) is 0 Å². The maximum Gasteiger partial charge on any atom is 0.277 e. The predicted molar refractivity (Wildman–Crippen MR) is 99.5 cm³/mol. The van der Waals surface area contributed by atoms with Crippen LogP contribution in [0.25, 0.3) is 0 Å². The van der Waals surface area contributed by atoms with Crippen molar-refractivity contribution < 1.29 is 14.3 Å². The molecule has 0 fully saturated rings. The third kappa shape index (κ3) is 7.27. The Balaban J connectivity index is 1.72. The predicted octanol–water partition coefficient (Wildman–Crippen LogP) is 4.05. The largest absolute Gasteiger partial charge is 0.494 e. The average Bonchev–Trinajstić information content (AvgIpc) is 2.61. The zero-order chi connectivity index (χ0) is 17.9. The van der Waals surface area contributed by atoms with Crippen molar-refractivity contribution in [3.8, 4) is 11.5 Å². The maximum absolute atomic E-state index is 11.7. The molecule has 2 rings (SSSR count). The number of unbranched alkanes of at least 4 members (excludes halogenated alkanes) is 1. The fourth-order valence-electron chi connectivity index (χ4n) is 1.91. The quantitative estimate of drug-likeness (QED) is 0.417. The van der Waals surface area contributed by atoms with Crippen LogP contribution in [-0.4, -0.2) is 25.3 Å². The number of benzene rings is 2. The van der Waals surface area contributed by atoms with Gasteiger partial charge >= 0.3 is 0 Å². The number of nitrogens with one attached hydrogen (secondary N) is 1. The summed E-state index contributed by atoms with van der Waals surface area (Å²) in [7, 11) is 0. The first-order valence-corrected chi connectivity index (χ1v) is 8.48. The lowest BCUT2D eigenvalue weighted by Crippen LogP contribution is -2.24. The van der Waals surface area contributed by atoms with E-state index in [1.165, 1.54) is 6.21 Å². The lowest BCUT2D eigenvalue weighted by Gasteiger charge is -2.07. The summed E-state index contributed by atoms with van der Waals surface area (Å²) in [5.41, 5.74) is 3.20. The van der Waals surface area contributed by atoms with E-state index in [4.69, 9.17) is 21.1 Å². The third-order valence-electron chi connectivity index (χ3n) is 3.21. The van der Waals surface area contributed by atoms with Crippen LogP contribution in [0.5, 0.6) is 11.5 Å². The minimum absolute atomic E-state index is 0.122. The molecule has 0 unspecified atom stereocenters. The van der Waals surface area contributed by atoms with Gasteiger partial charge in [0.25, 0.3) is 5.91 Å². The van der Waals surface area contributed by atoms with Crippen LogP contribution in [0.3, 0.4) is 0 Å². The zero-order valence-electron chi connectivity index (χ0n) is 14.1. The van der Waals surface area contributed by atoms with E-state index < -0.39 is 0 Å². The molecule has 1 N–H and O–H groups in total. The topological polar surface area (TPSA) is 59.9 Å². The molecule has 0 aliphatic rings. The molecule has 132 valence electrons. The fraction of sp³-hybridized carbons (Fsp3) is 0.263. The lowest BCUT2D eigenvalue weighted by atomic mass is 10.2. The summed E-state index contributed by atoms with van der Waals surface area (Å²) in [5.74, 6) is 1.04. The van der Waals surface area contributed by atoms with E-state index >= 15 is 0 Å². The molecule has 0 atom stereocenters. The smallest absolute Gasteiger partial charge is 0.277 e. The van der Waals surface area contributed by atoms with Gasteiger partial charge in [0.15, 0.2) is 6.61 Å². The summed E-state index contributed by atoms with van der Waals surface area (Å²) in [6.45, 7) is 2.69. The molecule has 5 nitrogen and oxygen atoms in total. The Morgan fingerprint density at radius 1 is 1.16 bits per heavy atom. The Bertz CT molecular complexity index is 702. The van der Waals surface area contributed by atoms with Gasteiger partial charge in [-0.25, -0.2) is 5.43 Å². The number of hydrazone groups is 1. The third-order valence-corrected chi connectivity index (χ3v) is 3.45. The highest BCUT2D eigenvalue weighted by Gasteiger charge is 2.02. The van der Waals surface area contributed by atoms with Crippen LogP contribution in [0.15, 0.2) is 53.6 Å². The Hall–Kier alpha value is -2.53. The molecule has 0 spiro atoms. The first-order valence-electron chi connectivity index (χ1n) is 8.10. The van der Waals surface area contributed by atoms with Gasteiger partial charge in [-0.1, -0.05) is 37.1 Å². The van der Waals surface area contributed by atoms with Gasteiger partial charge < -0.3 is 9.47 Å². The normalized spacial score (nSPS) is 10.6. The van der Waals surface area contributed by atoms with E-state index in [9.17, 15) is 4.79 Å². The molecule has 0 aliphatic heterocycles. The number of carbonyl (C=O) groups excluding carboxylic acids is 1. The Morgan fingerprint density at radius 2 is 1.88 bits per heavy atom. The highest BCUT2D eigenvalue weighted by molar-refractivity contribution is 6.30. The number of amides is 1. The molecule has 2 aromatic carbocycles. The monoisotopic (exact) mass is 360 g/mol. The van der Waals surface area contributed by atoms with E-state index in [1.54, 1.807) is 24.3 Å². The molecule has 1 amide bonds. The summed E-state index contributed by atoms with van der Waals surface area (Å²) < 4.78 is 11.0. The fourth-order valence-corrected chi connectivity index (χ4v) is 2.11. The number of ether oxygens (including phenoxy) is 2. The lowest BCUT2D eigenvalue weighted by molar-refractivity contribution is -0.123. The standard InChI is InChI=1S/C19H21ClN2O3/c1-2-3-11-24-17-7-9-18(10-8-17)25-14-19(23)22-21-13-15-5-4-6-16(20)12-15/h4-10,12-13H,2-3,11,14H2,1H3,(H,22,23)/b21-13+. The van der Waals surface area contributed by atoms with Crippen molar-refractivity contribution in [3.63, 3.8) is 0 Å². The summed E-state index contributed by atoms with van der Waals surface area (Å²) in [5, 5.41) is 4.48. The van der Waals surface area contributed by atoms with Crippen molar-refractivity contribution in [2.75, 3.05) is 13.2 Å². The minimum Gasteiger partial charge on any atom is -0.494 e. The van der Waals surface area contributed by atoms with Gasteiger partial charge in [-0.2, -0.15) is 5.10 Å². The van der Waals surface area contributed by atoms with Gasteiger partial charge in [-0.05, 0) is 48.4 Å². The van der Waals surface area contributed by atoms with E-state index in [1.807, 2.05) is 24.3 Å². The molecule has 2 aromatic rings. The number of rotatable bonds is 9. The van der Waals surface area contributed by atoms with Gasteiger partial charge in [0.05, 0.1) is 12.8 Å². The Kier molecular flexibility index (Phi) is 7.79. The van der Waals surface area contributed by atoms with E-state index in [0.29, 0.717) is 17.4 Å². The minimum atomic E-state index is -0.346. The SMILES string of the molecule is CCCCOc1ccc(OCC(=O)N/N=C/c2cccc(Cl)c2)cc1. The summed E-state index contributed by atoms with van der Waals surface area (Å²) in [4.78, 5) is 11.7. The number of carbonyl (C=O) groups is 1. The van der Waals surface area contributed by atoms with Crippen molar-refractivity contribution >= 4 is 23.7 Å². The Labute approximate surface area is 152 Å². The van der Waals surface area contributed by atoms with Crippen LogP contribution >= 0.6 is 11.6 Å². The van der Waals surface area contributed by atoms with Crippen LogP contribution in [0, 0.1) is 0 Å². The van der Waals surface area contributed by atoms with E-state index in [2.05, 4.69) is 17.5 Å². The molecule has 0 heterocycles. The first-order chi connectivity index (χ1) is 12.2. The molecular weight excluding hydrogens is 340 g/mol. The van der Waals surface area contributed by atoms with Crippen LogP contribution < -0.4 is 14.9 Å². The van der Waals surface area contributed by atoms with Crippen LogP contribution in [-0.2, 0) is 4.79 Å². The van der Waals surface area contributed by atoms with Gasteiger partial charge in [0.1, 0.15) is 11.5 Å². The van der Waals surface area contributed by atoms with Gasteiger partial charge in [0, 0.05) is 5.02 Å². The molecule has 25 heavy (non-hydrogen) atoms. The number of hydrogen-bond acceptors (Lipinski definition) is 4. The molecule has 0 aromatic heterocycles. The molecule has 0 saturated heterocycles. The summed E-state index contributed by atoms with van der Waals surface area (Å²) in [6, 6.07) is 14.3. The second kappa shape index (κ2) is 10.4. The number of halogens is 1. The van der Waals surface area contributed by atoms with Crippen molar-refractivity contribution in [3.05, 3.63) is 59.1 Å². The number of hydrogen-bond donors (Lipinski definition) is 1. The van der Waals surface area contributed by atoms with Gasteiger partial charge in [-0.15, -0.1) is 0 Å². The summed E-state index contributed by atoms with van der Waals surface area (Å²) in [6.07, 6.45) is 3.64. The highest BCUT2D eigenvalue weighted by atomic mass is 35.5. The van der Waals surface area contributed by atoms with Crippen molar-refractivity contribution in [2.45, 2.75) is 19.8 Å². The zero-order valence-corrected chi connectivity index (χ0v) is 14.8. The molecule has 0 bridgehead atoms. The second-order valence-corrected chi connectivity index (χ2v) is 5.75. The van der Waals surface area contributed by atoms with E-state index in [0.717, 1.165) is 24.2 Å². The molecular formula is C19H21ClN2O3. The Morgan fingerprint density at radius 3 is 2.56 bits per heavy atom. The van der Waals surface area contributed by atoms with Crippen molar-refractivity contribution in [1.82, 2.24) is 5.43 Å². The second-order valence-electron chi connectivity index (χ2n) is 5.31. The van der Waals surface area contributed by atoms with Gasteiger partial charge in [0.2, 0.25) is 0 Å². The molecule has 0 aliphatic carbocycles. The van der Waals surface area contributed by atoms with E-state index in [-0.39, 0.29) is 12.5 Å². The van der Waals surface area contributed by atoms with Crippen LogP contribution in [0.2, 0.25) is 5.02 Å². The first kappa shape index (κ1) is 18.8. The van der Waals surface area contributed by atoms with Crippen molar-refractivity contribution in [1.29, 1.82) is 0 Å². The average molecular weight is 361 g/mol. The molecule has 0 saturated carbocycles. The summed E-state index contributed by atoms with van der Waals surface area (Å²) >= 11 is 5.87. The molecule has 0 radical (unpaired) electrons. The highest BCUT2D eigenvalue weighted by Crippen LogP contribution is 2.17. The number of nitrogens with zero attached hydrogens (tertiary/aromatic N) is 1. The van der Waals surface area contributed by atoms with Crippen molar-refractivity contribution in [2.24, 2.45) is 5.10 Å². The molecule has 6 heteroatoms. The maximum atomic E-state index is 11.7. The van der Waals surface area contributed by atoms with Gasteiger partial charge in [-0.3, -0.25) is 4.79 Å². The van der Waals surface area contributed by atoms with Crippen LogP contribution in [0.1, 0.15) is 25.3 Å².